The van der Waals surface area contributed by atoms with Gasteiger partial charge in [-0.3, -0.25) is 5.10 Å². The first-order chi connectivity index (χ1) is 15.9. The second-order valence-electron chi connectivity index (χ2n) is 9.16. The number of anilines is 2. The third-order valence-electron chi connectivity index (χ3n) is 6.57. The molecule has 2 aliphatic rings. The van der Waals surface area contributed by atoms with Crippen LogP contribution in [0, 0.1) is 6.92 Å². The summed E-state index contributed by atoms with van der Waals surface area (Å²) in [5.74, 6) is 0.698. The zero-order chi connectivity index (χ0) is 23.2. The minimum atomic E-state index is -1.30. The molecular formula is C22H28FN7O3. The fourth-order valence-electron chi connectivity index (χ4n) is 4.37. The highest BCUT2D eigenvalue weighted by Crippen LogP contribution is 2.39. The summed E-state index contributed by atoms with van der Waals surface area (Å²) < 4.78 is 27.5. The van der Waals surface area contributed by atoms with E-state index in [9.17, 15) is 4.79 Å². The van der Waals surface area contributed by atoms with E-state index in [1.54, 1.807) is 30.1 Å². The number of ether oxygens (including phenoxy) is 2. The lowest BCUT2D eigenvalue weighted by Crippen LogP contribution is -2.38. The number of aromatic nitrogens is 5. The smallest absolute Gasteiger partial charge is 0.407 e. The first-order valence-electron chi connectivity index (χ1n) is 11.1. The van der Waals surface area contributed by atoms with Gasteiger partial charge in [-0.25, -0.2) is 18.7 Å². The highest BCUT2D eigenvalue weighted by atomic mass is 19.1. The first-order valence-corrected chi connectivity index (χ1v) is 11.1. The van der Waals surface area contributed by atoms with Crippen LogP contribution in [-0.4, -0.2) is 55.8 Å². The molecule has 2 fully saturated rings. The van der Waals surface area contributed by atoms with Gasteiger partial charge in [0.1, 0.15) is 17.8 Å². The number of nitrogens with zero attached hydrogens (tertiary/aromatic N) is 4. The maximum Gasteiger partial charge on any atom is 0.407 e. The van der Waals surface area contributed by atoms with Crippen molar-refractivity contribution in [2.45, 2.75) is 69.9 Å². The molecule has 0 saturated heterocycles. The fourth-order valence-corrected chi connectivity index (χ4v) is 4.37. The van der Waals surface area contributed by atoms with E-state index in [0.29, 0.717) is 36.8 Å². The highest BCUT2D eigenvalue weighted by molar-refractivity contribution is 5.76. The molecule has 3 atom stereocenters. The van der Waals surface area contributed by atoms with Gasteiger partial charge in [-0.2, -0.15) is 10.2 Å². The third kappa shape index (κ3) is 4.24. The molecule has 10 nitrogen and oxygen atoms in total. The number of carbonyl (C=O) groups excluding carboxylic acids is 1. The van der Waals surface area contributed by atoms with Gasteiger partial charge < -0.3 is 20.1 Å². The Hall–Kier alpha value is -3.21. The van der Waals surface area contributed by atoms with Crippen molar-refractivity contribution >= 4 is 23.2 Å². The molecule has 33 heavy (non-hydrogen) atoms. The Kier molecular flexibility index (Phi) is 5.43. The molecule has 0 radical (unpaired) electrons. The molecule has 2 saturated carbocycles. The maximum absolute atomic E-state index is 15.1. The summed E-state index contributed by atoms with van der Waals surface area (Å²) in [4.78, 5) is 16.5. The second kappa shape index (κ2) is 8.29. The minimum Gasteiger partial charge on any atom is -0.443 e. The summed E-state index contributed by atoms with van der Waals surface area (Å²) in [5, 5.41) is 17.8. The molecule has 0 aromatic carbocycles. The Labute approximate surface area is 190 Å². The van der Waals surface area contributed by atoms with Gasteiger partial charge in [0.25, 0.3) is 0 Å². The standard InChI is InChI=1S/C22H28FN7O3/c1-12-15(11-32-3)29-30-9-8-24-20(19(12)30)25-17-10-14(27-28-17)13-4-5-16(18(13)23)33-21(31)26-22(2)6-7-22/h8-10,13,16,18H,4-7,11H2,1-3H3,(H,26,31)(H2,24,25,27,28)/t13-,16-,18-/m1/s1. The average molecular weight is 458 g/mol. The summed E-state index contributed by atoms with van der Waals surface area (Å²) in [7, 11) is 1.63. The van der Waals surface area contributed by atoms with E-state index in [0.717, 1.165) is 29.6 Å². The van der Waals surface area contributed by atoms with Crippen molar-refractivity contribution < 1.29 is 18.7 Å². The van der Waals surface area contributed by atoms with Gasteiger partial charge in [0.15, 0.2) is 11.6 Å². The van der Waals surface area contributed by atoms with Gasteiger partial charge in [-0.1, -0.05) is 0 Å². The number of fused-ring (bicyclic) bond motifs is 1. The molecule has 3 aromatic rings. The number of aromatic amines is 1. The van der Waals surface area contributed by atoms with Crippen LogP contribution in [0.4, 0.5) is 20.8 Å². The first kappa shape index (κ1) is 21.6. The van der Waals surface area contributed by atoms with Gasteiger partial charge in [-0.05, 0) is 39.5 Å². The molecule has 3 aromatic heterocycles. The predicted octanol–water partition coefficient (Wildman–Crippen LogP) is 3.51. The summed E-state index contributed by atoms with van der Waals surface area (Å²) >= 11 is 0. The summed E-state index contributed by atoms with van der Waals surface area (Å²) in [6.45, 7) is 4.32. The van der Waals surface area contributed by atoms with Crippen LogP contribution in [0.3, 0.4) is 0 Å². The summed E-state index contributed by atoms with van der Waals surface area (Å²) in [5.41, 5.74) is 3.07. The molecule has 0 spiro atoms. The normalized spacial score (nSPS) is 23.6. The monoisotopic (exact) mass is 457 g/mol. The largest absolute Gasteiger partial charge is 0.443 e. The molecule has 1 amide bonds. The van der Waals surface area contributed by atoms with Crippen molar-refractivity contribution in [3.05, 3.63) is 35.4 Å². The number of H-pyrrole nitrogens is 1. The van der Waals surface area contributed by atoms with Crippen molar-refractivity contribution in [3.8, 4) is 0 Å². The molecule has 5 rings (SSSR count). The Bertz CT molecular complexity index is 1170. The molecule has 176 valence electrons. The Morgan fingerprint density at radius 2 is 2.21 bits per heavy atom. The van der Waals surface area contributed by atoms with E-state index in [1.807, 2.05) is 13.8 Å². The quantitative estimate of drug-likeness (QED) is 0.497. The Morgan fingerprint density at radius 3 is 2.97 bits per heavy atom. The Morgan fingerprint density at radius 1 is 1.39 bits per heavy atom. The molecule has 0 aliphatic heterocycles. The number of rotatable bonds is 7. The van der Waals surface area contributed by atoms with E-state index in [1.165, 1.54) is 0 Å². The maximum atomic E-state index is 15.1. The zero-order valence-corrected chi connectivity index (χ0v) is 18.9. The number of alkyl halides is 1. The second-order valence-corrected chi connectivity index (χ2v) is 9.16. The third-order valence-corrected chi connectivity index (χ3v) is 6.57. The van der Waals surface area contributed by atoms with Crippen LogP contribution in [0.15, 0.2) is 18.5 Å². The highest BCUT2D eigenvalue weighted by Gasteiger charge is 2.43. The van der Waals surface area contributed by atoms with Crippen molar-refractivity contribution in [3.63, 3.8) is 0 Å². The lowest BCUT2D eigenvalue weighted by molar-refractivity contribution is 0.0546. The van der Waals surface area contributed by atoms with Gasteiger partial charge in [0, 0.05) is 48.3 Å². The van der Waals surface area contributed by atoms with E-state index in [-0.39, 0.29) is 5.54 Å². The topological polar surface area (TPSA) is 118 Å². The van der Waals surface area contributed by atoms with Gasteiger partial charge in [-0.15, -0.1) is 0 Å². The van der Waals surface area contributed by atoms with Crippen molar-refractivity contribution in [2.75, 3.05) is 12.4 Å². The van der Waals surface area contributed by atoms with E-state index < -0.39 is 24.3 Å². The minimum absolute atomic E-state index is 0.195. The molecule has 0 bridgehead atoms. The van der Waals surface area contributed by atoms with Crippen LogP contribution >= 0.6 is 0 Å². The van der Waals surface area contributed by atoms with Gasteiger partial charge in [0.2, 0.25) is 0 Å². The lowest BCUT2D eigenvalue weighted by Gasteiger charge is -2.19. The number of nitrogens with one attached hydrogen (secondary N) is 3. The summed E-state index contributed by atoms with van der Waals surface area (Å²) in [6.07, 6.45) is 3.69. The number of carbonyl (C=O) groups is 1. The molecule has 2 aliphatic carbocycles. The van der Waals surface area contributed by atoms with Crippen LogP contribution in [-0.2, 0) is 16.1 Å². The molecule has 3 N–H and O–H groups in total. The lowest BCUT2D eigenvalue weighted by atomic mass is 10.0. The number of amides is 1. The average Bonchev–Trinajstić information content (AvgIpc) is 3.08. The predicted molar refractivity (Wildman–Crippen MR) is 118 cm³/mol. The van der Waals surface area contributed by atoms with Crippen LogP contribution in [0.5, 0.6) is 0 Å². The van der Waals surface area contributed by atoms with E-state index in [2.05, 4.69) is 30.9 Å². The van der Waals surface area contributed by atoms with Gasteiger partial charge >= 0.3 is 6.09 Å². The molecule has 0 unspecified atom stereocenters. The number of alkyl carbamates (subject to hydrolysis) is 1. The van der Waals surface area contributed by atoms with Crippen molar-refractivity contribution in [1.82, 2.24) is 30.1 Å². The number of methoxy groups -OCH3 is 1. The number of hydrogen-bond acceptors (Lipinski definition) is 7. The number of hydrogen-bond donors (Lipinski definition) is 3. The fraction of sp³-hybridized carbons (Fsp3) is 0.545. The zero-order valence-electron chi connectivity index (χ0n) is 18.9. The van der Waals surface area contributed by atoms with Crippen LogP contribution in [0.25, 0.3) is 5.52 Å². The SMILES string of the molecule is COCc1nn2ccnc(Nc3cc([C@H]4CC[C@@H](OC(=O)NC5(C)CC5)[C@@H]4F)[nH]n3)c2c1C. The van der Waals surface area contributed by atoms with Gasteiger partial charge in [0.05, 0.1) is 12.3 Å². The summed E-state index contributed by atoms with van der Waals surface area (Å²) in [6, 6.07) is 1.78. The number of aryl methyl sites for hydroxylation is 1. The number of halogens is 1. The van der Waals surface area contributed by atoms with Crippen LogP contribution in [0.2, 0.25) is 0 Å². The van der Waals surface area contributed by atoms with Crippen LogP contribution in [0.1, 0.15) is 55.5 Å². The molecule has 11 heteroatoms. The molecular weight excluding hydrogens is 429 g/mol. The van der Waals surface area contributed by atoms with Crippen molar-refractivity contribution in [1.29, 1.82) is 0 Å². The molecule has 3 heterocycles. The Balaban J connectivity index is 1.27. The van der Waals surface area contributed by atoms with Crippen LogP contribution < -0.4 is 10.6 Å². The van der Waals surface area contributed by atoms with E-state index in [4.69, 9.17) is 9.47 Å². The van der Waals surface area contributed by atoms with E-state index >= 15 is 4.39 Å². The van der Waals surface area contributed by atoms with Crippen molar-refractivity contribution in [2.24, 2.45) is 0 Å².